The third-order valence-electron chi connectivity index (χ3n) is 3.68. The van der Waals surface area contributed by atoms with Crippen molar-refractivity contribution in [2.45, 2.75) is 38.1 Å². The largest absolute Gasteiger partial charge is 0.395 e. The van der Waals surface area contributed by atoms with Gasteiger partial charge in [-0.1, -0.05) is 43.2 Å². The molecule has 1 aliphatic rings. The van der Waals surface area contributed by atoms with Crippen LogP contribution in [0.15, 0.2) is 30.3 Å². The van der Waals surface area contributed by atoms with Gasteiger partial charge in [0, 0.05) is 6.04 Å². The summed E-state index contributed by atoms with van der Waals surface area (Å²) in [4.78, 5) is 2.47. The lowest BCUT2D eigenvalue weighted by molar-refractivity contribution is 0.126. The molecule has 1 aromatic rings. The average molecular weight is 233 g/mol. The molecule has 17 heavy (non-hydrogen) atoms. The molecule has 1 heterocycles. The molecular formula is C15H23NO. The zero-order chi connectivity index (χ0) is 11.9. The standard InChI is InChI=1S/C15H23NO/c17-13-15(12-14-8-4-3-5-9-14)16-10-6-1-2-7-11-16/h3-5,8-9,15,17H,1-2,6-7,10-13H2/t15-/m0/s1. The molecule has 1 fully saturated rings. The summed E-state index contributed by atoms with van der Waals surface area (Å²) in [5.41, 5.74) is 1.33. The zero-order valence-electron chi connectivity index (χ0n) is 10.5. The highest BCUT2D eigenvalue weighted by Crippen LogP contribution is 2.15. The Morgan fingerprint density at radius 3 is 2.24 bits per heavy atom. The lowest BCUT2D eigenvalue weighted by atomic mass is 10.0. The minimum absolute atomic E-state index is 0.273. The van der Waals surface area contributed by atoms with Crippen LogP contribution in [0.5, 0.6) is 0 Å². The summed E-state index contributed by atoms with van der Waals surface area (Å²) >= 11 is 0. The summed E-state index contributed by atoms with van der Waals surface area (Å²) in [5.74, 6) is 0. The van der Waals surface area contributed by atoms with Crippen LogP contribution in [-0.2, 0) is 6.42 Å². The molecule has 0 unspecified atom stereocenters. The van der Waals surface area contributed by atoms with Crippen LogP contribution >= 0.6 is 0 Å². The zero-order valence-corrected chi connectivity index (χ0v) is 10.5. The molecule has 0 aromatic heterocycles. The summed E-state index contributed by atoms with van der Waals surface area (Å²) in [7, 11) is 0. The minimum Gasteiger partial charge on any atom is -0.395 e. The maximum absolute atomic E-state index is 9.59. The first-order chi connectivity index (χ1) is 8.40. The fraction of sp³-hybridized carbons (Fsp3) is 0.600. The van der Waals surface area contributed by atoms with Gasteiger partial charge in [0.15, 0.2) is 0 Å². The van der Waals surface area contributed by atoms with Gasteiger partial charge in [-0.15, -0.1) is 0 Å². The van der Waals surface area contributed by atoms with Gasteiger partial charge in [-0.3, -0.25) is 4.90 Å². The van der Waals surface area contributed by atoms with Crippen molar-refractivity contribution in [2.24, 2.45) is 0 Å². The first kappa shape index (κ1) is 12.6. The fourth-order valence-corrected chi connectivity index (χ4v) is 2.66. The van der Waals surface area contributed by atoms with E-state index in [0.29, 0.717) is 6.04 Å². The SMILES string of the molecule is OC[C@H](Cc1ccccc1)N1CCCCCC1. The van der Waals surface area contributed by atoms with Gasteiger partial charge in [0.25, 0.3) is 0 Å². The van der Waals surface area contributed by atoms with E-state index in [-0.39, 0.29) is 6.61 Å². The van der Waals surface area contributed by atoms with Crippen molar-refractivity contribution in [2.75, 3.05) is 19.7 Å². The van der Waals surface area contributed by atoms with Gasteiger partial charge in [0.2, 0.25) is 0 Å². The van der Waals surface area contributed by atoms with Crippen LogP contribution in [0.2, 0.25) is 0 Å². The number of rotatable bonds is 4. The highest BCUT2D eigenvalue weighted by molar-refractivity contribution is 5.16. The average Bonchev–Trinajstić information content (AvgIpc) is 2.66. The second-order valence-corrected chi connectivity index (χ2v) is 4.98. The van der Waals surface area contributed by atoms with Crippen molar-refractivity contribution < 1.29 is 5.11 Å². The molecule has 0 bridgehead atoms. The molecule has 0 aliphatic carbocycles. The summed E-state index contributed by atoms with van der Waals surface area (Å²) in [6, 6.07) is 10.8. The number of aliphatic hydroxyl groups is 1. The summed E-state index contributed by atoms with van der Waals surface area (Å²) in [6.07, 6.45) is 6.23. The Hall–Kier alpha value is -0.860. The second kappa shape index (κ2) is 6.77. The normalized spacial score (nSPS) is 19.8. The summed E-state index contributed by atoms with van der Waals surface area (Å²) in [5, 5.41) is 9.59. The molecule has 1 aromatic carbocycles. The molecule has 0 saturated carbocycles. The van der Waals surface area contributed by atoms with E-state index in [1.54, 1.807) is 0 Å². The molecule has 94 valence electrons. The number of hydrogen-bond donors (Lipinski definition) is 1. The number of aliphatic hydroxyl groups excluding tert-OH is 1. The first-order valence-corrected chi connectivity index (χ1v) is 6.79. The Labute approximate surface area is 104 Å². The molecule has 0 amide bonds. The molecular weight excluding hydrogens is 210 g/mol. The van der Waals surface area contributed by atoms with Gasteiger partial charge in [-0.05, 0) is 37.9 Å². The Morgan fingerprint density at radius 1 is 1.00 bits per heavy atom. The molecule has 1 saturated heterocycles. The molecule has 2 heteroatoms. The Morgan fingerprint density at radius 2 is 1.65 bits per heavy atom. The Kier molecular flexibility index (Phi) is 5.02. The molecule has 2 rings (SSSR count). The molecule has 1 atom stereocenters. The van der Waals surface area contributed by atoms with Crippen LogP contribution in [0.4, 0.5) is 0 Å². The van der Waals surface area contributed by atoms with E-state index in [1.807, 2.05) is 6.07 Å². The van der Waals surface area contributed by atoms with Crippen LogP contribution in [0.1, 0.15) is 31.2 Å². The lowest BCUT2D eigenvalue weighted by Crippen LogP contribution is -2.40. The van der Waals surface area contributed by atoms with Gasteiger partial charge in [-0.2, -0.15) is 0 Å². The third kappa shape index (κ3) is 3.83. The number of likely N-dealkylation sites (tertiary alicyclic amines) is 1. The van der Waals surface area contributed by atoms with Crippen LogP contribution in [0, 0.1) is 0 Å². The predicted molar refractivity (Wildman–Crippen MR) is 71.1 cm³/mol. The highest BCUT2D eigenvalue weighted by atomic mass is 16.3. The fourth-order valence-electron chi connectivity index (χ4n) is 2.66. The van der Waals surface area contributed by atoms with Crippen LogP contribution < -0.4 is 0 Å². The van der Waals surface area contributed by atoms with Crippen LogP contribution in [0.25, 0.3) is 0 Å². The molecule has 0 radical (unpaired) electrons. The topological polar surface area (TPSA) is 23.5 Å². The van der Waals surface area contributed by atoms with Gasteiger partial charge in [0.05, 0.1) is 6.61 Å². The van der Waals surface area contributed by atoms with Gasteiger partial charge >= 0.3 is 0 Å². The van der Waals surface area contributed by atoms with Gasteiger partial charge in [0.1, 0.15) is 0 Å². The molecule has 0 spiro atoms. The highest BCUT2D eigenvalue weighted by Gasteiger charge is 2.19. The van der Waals surface area contributed by atoms with Crippen molar-refractivity contribution in [3.05, 3.63) is 35.9 Å². The van der Waals surface area contributed by atoms with Gasteiger partial charge < -0.3 is 5.11 Å². The van der Waals surface area contributed by atoms with Crippen molar-refractivity contribution in [1.29, 1.82) is 0 Å². The molecule has 1 N–H and O–H groups in total. The number of nitrogens with zero attached hydrogens (tertiary/aromatic N) is 1. The van der Waals surface area contributed by atoms with Crippen LogP contribution in [-0.4, -0.2) is 35.7 Å². The van der Waals surface area contributed by atoms with Crippen molar-refractivity contribution in [3.63, 3.8) is 0 Å². The summed E-state index contributed by atoms with van der Waals surface area (Å²) in [6.45, 7) is 2.57. The third-order valence-corrected chi connectivity index (χ3v) is 3.68. The van der Waals surface area contributed by atoms with E-state index in [1.165, 1.54) is 31.2 Å². The van der Waals surface area contributed by atoms with E-state index in [9.17, 15) is 5.11 Å². The van der Waals surface area contributed by atoms with E-state index >= 15 is 0 Å². The minimum atomic E-state index is 0.273. The van der Waals surface area contributed by atoms with Crippen molar-refractivity contribution in [1.82, 2.24) is 4.90 Å². The van der Waals surface area contributed by atoms with E-state index in [4.69, 9.17) is 0 Å². The maximum Gasteiger partial charge on any atom is 0.0590 e. The van der Waals surface area contributed by atoms with E-state index in [2.05, 4.69) is 29.2 Å². The van der Waals surface area contributed by atoms with Crippen molar-refractivity contribution >= 4 is 0 Å². The predicted octanol–water partition coefficient (Wildman–Crippen LogP) is 2.47. The van der Waals surface area contributed by atoms with E-state index in [0.717, 1.165) is 19.5 Å². The van der Waals surface area contributed by atoms with Crippen LogP contribution in [0.3, 0.4) is 0 Å². The number of hydrogen-bond acceptors (Lipinski definition) is 2. The Bertz CT molecular complexity index is 304. The monoisotopic (exact) mass is 233 g/mol. The molecule has 1 aliphatic heterocycles. The number of benzene rings is 1. The summed E-state index contributed by atoms with van der Waals surface area (Å²) < 4.78 is 0. The quantitative estimate of drug-likeness (QED) is 0.863. The lowest BCUT2D eigenvalue weighted by Gasteiger charge is -2.29. The van der Waals surface area contributed by atoms with Gasteiger partial charge in [-0.25, -0.2) is 0 Å². The smallest absolute Gasteiger partial charge is 0.0590 e. The molecule has 2 nitrogen and oxygen atoms in total. The first-order valence-electron chi connectivity index (χ1n) is 6.79. The van der Waals surface area contributed by atoms with Crippen molar-refractivity contribution in [3.8, 4) is 0 Å². The Balaban J connectivity index is 1.95. The second-order valence-electron chi connectivity index (χ2n) is 4.98. The van der Waals surface area contributed by atoms with E-state index < -0.39 is 0 Å². The maximum atomic E-state index is 9.59.